The summed E-state index contributed by atoms with van der Waals surface area (Å²) in [5, 5.41) is 34.7. The predicted molar refractivity (Wildman–Crippen MR) is 209 cm³/mol. The highest BCUT2D eigenvalue weighted by molar-refractivity contribution is 7.11. The minimum absolute atomic E-state index is 0.0985. The molecule has 0 bridgehead atoms. The zero-order chi connectivity index (χ0) is 37.7. The Kier molecular flexibility index (Phi) is 18.7. The van der Waals surface area contributed by atoms with Crippen LogP contribution in [0.25, 0.3) is 0 Å². The van der Waals surface area contributed by atoms with Gasteiger partial charge < -0.3 is 41.0 Å². The molecule has 4 atom stereocenters. The van der Waals surface area contributed by atoms with Crippen LogP contribution in [-0.4, -0.2) is 89.3 Å². The maximum absolute atomic E-state index is 12.3. The minimum Gasteiger partial charge on any atom is -0.491 e. The summed E-state index contributed by atoms with van der Waals surface area (Å²) < 4.78 is 11.2. The molecular formula is C39H54N6O6S2. The zero-order valence-electron chi connectivity index (χ0n) is 30.7. The first-order valence-electron chi connectivity index (χ1n) is 18.3. The van der Waals surface area contributed by atoms with Crippen LogP contribution in [0.15, 0.2) is 73.1 Å². The van der Waals surface area contributed by atoms with Crippen LogP contribution in [0, 0.1) is 0 Å². The molecule has 0 saturated heterocycles. The van der Waals surface area contributed by atoms with E-state index in [0.29, 0.717) is 38.8 Å². The molecule has 0 aliphatic carbocycles. The molecule has 0 radical (unpaired) electrons. The van der Waals surface area contributed by atoms with Gasteiger partial charge in [-0.05, 0) is 63.8 Å². The van der Waals surface area contributed by atoms with Gasteiger partial charge in [0.15, 0.2) is 0 Å². The Labute approximate surface area is 320 Å². The molecule has 4 rings (SSSR count). The van der Waals surface area contributed by atoms with Crippen molar-refractivity contribution in [2.75, 3.05) is 33.0 Å². The molecule has 4 aromatic rings. The summed E-state index contributed by atoms with van der Waals surface area (Å²) in [6.07, 6.45) is 7.66. The third kappa shape index (κ3) is 17.6. The lowest BCUT2D eigenvalue weighted by molar-refractivity contribution is -0.122. The predicted octanol–water partition coefficient (Wildman–Crippen LogP) is 4.06. The van der Waals surface area contributed by atoms with E-state index in [-0.39, 0.29) is 43.8 Å². The molecule has 0 spiro atoms. The van der Waals surface area contributed by atoms with Gasteiger partial charge in [0.05, 0.1) is 16.7 Å². The summed E-state index contributed by atoms with van der Waals surface area (Å²) >= 11 is 3.29. The lowest BCUT2D eigenvalue weighted by Crippen LogP contribution is -2.37. The normalized spacial score (nSPS) is 13.5. The molecule has 2 aromatic carbocycles. The fourth-order valence-corrected chi connectivity index (χ4v) is 7.45. The average molecular weight is 767 g/mol. The van der Waals surface area contributed by atoms with Gasteiger partial charge in [0, 0.05) is 73.0 Å². The van der Waals surface area contributed by atoms with Crippen LogP contribution in [0.2, 0.25) is 0 Å². The topological polar surface area (TPSA) is 167 Å². The number of benzene rings is 2. The van der Waals surface area contributed by atoms with Crippen molar-refractivity contribution in [3.8, 4) is 11.5 Å². The maximum Gasteiger partial charge on any atom is 0.221 e. The molecular weight excluding hydrogens is 713 g/mol. The van der Waals surface area contributed by atoms with Crippen LogP contribution < -0.4 is 30.7 Å². The van der Waals surface area contributed by atoms with E-state index in [1.807, 2.05) is 73.1 Å². The van der Waals surface area contributed by atoms with E-state index in [9.17, 15) is 19.8 Å². The van der Waals surface area contributed by atoms with Crippen molar-refractivity contribution in [3.63, 3.8) is 0 Å². The molecule has 2 heterocycles. The van der Waals surface area contributed by atoms with E-state index in [0.717, 1.165) is 57.0 Å². The summed E-state index contributed by atoms with van der Waals surface area (Å²) in [5.74, 6) is 1.28. The number of para-hydroxylation sites is 2. The number of aliphatic hydroxyl groups excluding tert-OH is 2. The van der Waals surface area contributed by atoms with Crippen molar-refractivity contribution < 1.29 is 29.3 Å². The summed E-state index contributed by atoms with van der Waals surface area (Å²) in [7, 11) is 0. The fraction of sp³-hybridized carbons (Fsp3) is 0.487. The molecule has 2 aromatic heterocycles. The van der Waals surface area contributed by atoms with Crippen LogP contribution in [-0.2, 0) is 35.3 Å². The Bertz CT molecular complexity index is 1490. The second kappa shape index (κ2) is 23.7. The van der Waals surface area contributed by atoms with Gasteiger partial charge in [-0.1, -0.05) is 36.4 Å². The second-order valence-electron chi connectivity index (χ2n) is 13.1. The number of thiazole rings is 2. The largest absolute Gasteiger partial charge is 0.491 e. The van der Waals surface area contributed by atoms with Crippen LogP contribution in [0.5, 0.6) is 11.5 Å². The molecule has 2 unspecified atom stereocenters. The Morgan fingerprint density at radius 2 is 1.09 bits per heavy atom. The van der Waals surface area contributed by atoms with Gasteiger partial charge in [0.2, 0.25) is 11.8 Å². The number of aromatic nitrogens is 2. The molecule has 0 saturated carbocycles. The molecule has 53 heavy (non-hydrogen) atoms. The number of hydrogen-bond acceptors (Lipinski definition) is 12. The van der Waals surface area contributed by atoms with Crippen LogP contribution >= 0.6 is 22.7 Å². The van der Waals surface area contributed by atoms with Crippen molar-refractivity contribution >= 4 is 34.5 Å². The van der Waals surface area contributed by atoms with Gasteiger partial charge in [-0.15, -0.1) is 22.7 Å². The van der Waals surface area contributed by atoms with Crippen LogP contribution in [0.4, 0.5) is 0 Å². The monoisotopic (exact) mass is 766 g/mol. The number of carbonyl (C=O) groups excluding carboxylic acids is 2. The first kappa shape index (κ1) is 41.8. The SMILES string of the molecule is CC(Cc1ncc(CCCC(=O)NCNC(=O)CCCc2cnc(CC(C)NC[C@H](O)COc3ccccc3)s2)s1)NC[C@H](O)COc1ccccc1. The van der Waals surface area contributed by atoms with E-state index >= 15 is 0 Å². The minimum atomic E-state index is -0.614. The third-order valence-electron chi connectivity index (χ3n) is 8.16. The first-order valence-corrected chi connectivity index (χ1v) is 19.9. The van der Waals surface area contributed by atoms with Crippen molar-refractivity contribution in [1.29, 1.82) is 0 Å². The molecule has 12 nitrogen and oxygen atoms in total. The van der Waals surface area contributed by atoms with E-state index in [1.165, 1.54) is 0 Å². The Hall–Kier alpha value is -3.92. The number of amides is 2. The number of nitrogens with zero attached hydrogens (tertiary/aromatic N) is 2. The van der Waals surface area contributed by atoms with Crippen LogP contribution in [0.3, 0.4) is 0 Å². The standard InChI is InChI=1S/C39H54N6O6S2/c1-28(40-21-30(46)25-50-32-11-5-3-6-12-32)19-38-42-23-34(52-38)15-9-17-36(48)44-27-45-37(49)18-10-16-35-24-43-39(53-35)20-29(2)41-22-31(47)26-51-33-13-7-4-8-14-33/h3-8,11-14,23-24,28-31,40-41,46-47H,9-10,15-22,25-27H2,1-2H3,(H,44,48)(H,45,49)/t28?,29?,30-,31-/m0/s1. The molecule has 6 N–H and O–H groups in total. The number of hydrogen-bond donors (Lipinski definition) is 6. The lowest BCUT2D eigenvalue weighted by Gasteiger charge is -2.17. The average Bonchev–Trinajstić information content (AvgIpc) is 3.81. The van der Waals surface area contributed by atoms with Gasteiger partial charge in [-0.2, -0.15) is 0 Å². The summed E-state index contributed by atoms with van der Waals surface area (Å²) in [5.41, 5.74) is 0. The van der Waals surface area contributed by atoms with Gasteiger partial charge in [0.1, 0.15) is 36.9 Å². The fourth-order valence-electron chi connectivity index (χ4n) is 5.26. The van der Waals surface area contributed by atoms with Crippen molar-refractivity contribution in [1.82, 2.24) is 31.2 Å². The highest BCUT2D eigenvalue weighted by atomic mass is 32.1. The Balaban J connectivity index is 0.981. The Morgan fingerprint density at radius 3 is 1.51 bits per heavy atom. The highest BCUT2D eigenvalue weighted by Gasteiger charge is 2.13. The van der Waals surface area contributed by atoms with Crippen molar-refractivity contribution in [2.45, 2.75) is 89.5 Å². The first-order chi connectivity index (χ1) is 25.7. The van der Waals surface area contributed by atoms with E-state index in [2.05, 4.69) is 45.1 Å². The summed E-state index contributed by atoms with van der Waals surface area (Å²) in [4.78, 5) is 36.0. The number of aryl methyl sites for hydroxylation is 2. The van der Waals surface area contributed by atoms with E-state index in [4.69, 9.17) is 9.47 Å². The van der Waals surface area contributed by atoms with E-state index < -0.39 is 12.2 Å². The highest BCUT2D eigenvalue weighted by Crippen LogP contribution is 2.18. The summed E-state index contributed by atoms with van der Waals surface area (Å²) in [6.45, 7) is 5.54. The number of nitrogens with one attached hydrogen (secondary N) is 4. The summed E-state index contributed by atoms with van der Waals surface area (Å²) in [6, 6.07) is 19.2. The van der Waals surface area contributed by atoms with Crippen LogP contribution in [0.1, 0.15) is 59.3 Å². The third-order valence-corrected chi connectivity index (χ3v) is 10.3. The molecule has 14 heteroatoms. The number of aliphatic hydroxyl groups is 2. The lowest BCUT2D eigenvalue weighted by atomic mass is 10.2. The van der Waals surface area contributed by atoms with Crippen molar-refractivity contribution in [3.05, 3.63) is 92.8 Å². The van der Waals surface area contributed by atoms with Crippen molar-refractivity contribution in [2.24, 2.45) is 0 Å². The van der Waals surface area contributed by atoms with Gasteiger partial charge in [0.25, 0.3) is 0 Å². The molecule has 0 aliphatic rings. The molecule has 0 aliphatic heterocycles. The molecule has 2 amide bonds. The zero-order valence-corrected chi connectivity index (χ0v) is 32.3. The molecule has 0 fully saturated rings. The van der Waals surface area contributed by atoms with E-state index in [1.54, 1.807) is 22.7 Å². The molecule has 288 valence electrons. The number of rotatable bonds is 26. The van der Waals surface area contributed by atoms with Gasteiger partial charge in [-0.25, -0.2) is 9.97 Å². The Morgan fingerprint density at radius 1 is 0.679 bits per heavy atom. The van der Waals surface area contributed by atoms with Gasteiger partial charge >= 0.3 is 0 Å². The quantitative estimate of drug-likeness (QED) is 0.0514. The smallest absolute Gasteiger partial charge is 0.221 e. The second-order valence-corrected chi connectivity index (χ2v) is 15.5. The van der Waals surface area contributed by atoms with Gasteiger partial charge in [-0.3, -0.25) is 9.59 Å². The maximum atomic E-state index is 12.3. The number of ether oxygens (including phenoxy) is 2. The number of carbonyl (C=O) groups is 2.